The van der Waals surface area contributed by atoms with Crippen LogP contribution < -0.4 is 10.7 Å². The number of nitro benzene ring substituents is 1. The Morgan fingerprint density at radius 3 is 2.77 bits per heavy atom. The van der Waals surface area contributed by atoms with E-state index in [-0.39, 0.29) is 34.6 Å². The summed E-state index contributed by atoms with van der Waals surface area (Å²) in [6.45, 7) is 1.57. The van der Waals surface area contributed by atoms with Gasteiger partial charge in [-0.25, -0.2) is 4.79 Å². The van der Waals surface area contributed by atoms with Gasteiger partial charge >= 0.3 is 11.9 Å². The quantitative estimate of drug-likeness (QED) is 0.203. The smallest absolute Gasteiger partial charge is 0.397 e. The molecule has 26 heavy (non-hydrogen) atoms. The third kappa shape index (κ3) is 4.80. The SMILES string of the molecule is CCOC(=O)C(=O)N/C(=N\Nc1cc(Cl)ccc1[N+](=O)[O-])c1ccco1. The highest BCUT2D eigenvalue weighted by Crippen LogP contribution is 2.27. The molecule has 0 aliphatic carbocycles. The number of esters is 1. The number of halogens is 1. The highest BCUT2D eigenvalue weighted by Gasteiger charge is 2.20. The molecular formula is C15H13ClN4O6. The lowest BCUT2D eigenvalue weighted by molar-refractivity contribution is -0.384. The summed E-state index contributed by atoms with van der Waals surface area (Å²) in [6, 6.07) is 6.84. The van der Waals surface area contributed by atoms with Gasteiger partial charge in [-0.1, -0.05) is 11.6 Å². The van der Waals surface area contributed by atoms with Crippen LogP contribution in [-0.4, -0.2) is 29.2 Å². The summed E-state index contributed by atoms with van der Waals surface area (Å²) >= 11 is 5.84. The van der Waals surface area contributed by atoms with Crippen LogP contribution in [0, 0.1) is 10.1 Å². The molecule has 1 amide bonds. The number of benzene rings is 1. The lowest BCUT2D eigenvalue weighted by atomic mass is 10.3. The third-order valence-electron chi connectivity index (χ3n) is 2.89. The van der Waals surface area contributed by atoms with Gasteiger partial charge in [0.25, 0.3) is 5.69 Å². The van der Waals surface area contributed by atoms with Gasteiger partial charge in [0.05, 0.1) is 17.8 Å². The molecule has 2 aromatic rings. The van der Waals surface area contributed by atoms with Gasteiger partial charge in [0.1, 0.15) is 5.69 Å². The number of hydrogen-bond donors (Lipinski definition) is 2. The Kier molecular flexibility index (Phi) is 6.28. The molecule has 0 aliphatic heterocycles. The number of carbonyl (C=O) groups excluding carboxylic acids is 2. The predicted octanol–water partition coefficient (Wildman–Crippen LogP) is 2.29. The molecule has 1 heterocycles. The Balaban J connectivity index is 2.30. The van der Waals surface area contributed by atoms with E-state index in [1.54, 1.807) is 6.92 Å². The molecule has 2 rings (SSSR count). The first-order chi connectivity index (χ1) is 12.4. The Morgan fingerprint density at radius 1 is 1.38 bits per heavy atom. The van der Waals surface area contributed by atoms with Crippen molar-refractivity contribution in [2.75, 3.05) is 12.0 Å². The summed E-state index contributed by atoms with van der Waals surface area (Å²) in [5, 5.41) is 17.4. The minimum atomic E-state index is -1.11. The van der Waals surface area contributed by atoms with Crippen molar-refractivity contribution in [2.24, 2.45) is 5.10 Å². The number of hydrazone groups is 1. The molecule has 0 atom stereocenters. The van der Waals surface area contributed by atoms with Crippen LogP contribution in [0.25, 0.3) is 0 Å². The number of ether oxygens (including phenoxy) is 1. The van der Waals surface area contributed by atoms with Gasteiger partial charge in [0.2, 0.25) is 0 Å². The fraction of sp³-hybridized carbons (Fsp3) is 0.133. The molecule has 0 bridgehead atoms. The summed E-state index contributed by atoms with van der Waals surface area (Å²) in [7, 11) is 0. The normalized spacial score (nSPS) is 10.9. The van der Waals surface area contributed by atoms with Crippen molar-refractivity contribution >= 4 is 40.7 Å². The van der Waals surface area contributed by atoms with E-state index in [0.717, 1.165) is 0 Å². The van der Waals surface area contributed by atoms with E-state index in [9.17, 15) is 19.7 Å². The van der Waals surface area contributed by atoms with Crippen LogP contribution in [0.5, 0.6) is 0 Å². The number of amides is 1. The minimum absolute atomic E-state index is 0.0167. The van der Waals surface area contributed by atoms with E-state index in [1.807, 2.05) is 0 Å². The molecule has 0 spiro atoms. The Morgan fingerprint density at radius 2 is 2.15 bits per heavy atom. The van der Waals surface area contributed by atoms with E-state index >= 15 is 0 Å². The summed E-state index contributed by atoms with van der Waals surface area (Å²) in [6.07, 6.45) is 1.32. The molecule has 1 aromatic carbocycles. The second-order valence-corrected chi connectivity index (χ2v) is 5.08. The zero-order valence-corrected chi connectivity index (χ0v) is 14.1. The number of amidine groups is 1. The molecule has 0 saturated heterocycles. The molecular weight excluding hydrogens is 368 g/mol. The standard InChI is InChI=1S/C15H13ClN4O6/c1-2-25-15(22)14(21)17-13(12-4-3-7-26-12)19-18-10-8-9(16)5-6-11(10)20(23)24/h3-8,18H,2H2,1H3,(H,17,19,21). The highest BCUT2D eigenvalue weighted by atomic mass is 35.5. The van der Waals surface area contributed by atoms with Crippen LogP contribution in [0.2, 0.25) is 5.02 Å². The number of rotatable bonds is 5. The maximum absolute atomic E-state index is 11.8. The maximum atomic E-state index is 11.8. The zero-order chi connectivity index (χ0) is 19.1. The topological polar surface area (TPSA) is 136 Å². The van der Waals surface area contributed by atoms with Crippen LogP contribution in [0.1, 0.15) is 12.7 Å². The number of furan rings is 1. The van der Waals surface area contributed by atoms with Gasteiger partial charge in [0.15, 0.2) is 11.6 Å². The summed E-state index contributed by atoms with van der Waals surface area (Å²) in [5.74, 6) is -2.26. The largest absolute Gasteiger partial charge is 0.461 e. The van der Waals surface area contributed by atoms with Crippen molar-refractivity contribution in [3.63, 3.8) is 0 Å². The highest BCUT2D eigenvalue weighted by molar-refractivity contribution is 6.36. The summed E-state index contributed by atoms with van der Waals surface area (Å²) in [4.78, 5) is 33.7. The van der Waals surface area contributed by atoms with Gasteiger partial charge in [-0.15, -0.1) is 0 Å². The Hall–Kier alpha value is -3.40. The van der Waals surface area contributed by atoms with Crippen molar-refractivity contribution in [1.82, 2.24) is 5.32 Å². The molecule has 0 saturated carbocycles. The first-order valence-electron chi connectivity index (χ1n) is 7.22. The van der Waals surface area contributed by atoms with Crippen LogP contribution in [-0.2, 0) is 14.3 Å². The zero-order valence-electron chi connectivity index (χ0n) is 13.4. The Labute approximate surface area is 151 Å². The van der Waals surface area contributed by atoms with Crippen LogP contribution in [0.4, 0.5) is 11.4 Å². The molecule has 0 radical (unpaired) electrons. The molecule has 2 N–H and O–H groups in total. The third-order valence-corrected chi connectivity index (χ3v) is 3.13. The molecule has 0 aliphatic rings. The van der Waals surface area contributed by atoms with Crippen molar-refractivity contribution in [3.8, 4) is 0 Å². The van der Waals surface area contributed by atoms with Gasteiger partial charge in [-0.3, -0.25) is 25.7 Å². The summed E-state index contributed by atoms with van der Waals surface area (Å²) < 4.78 is 9.72. The molecule has 11 heteroatoms. The van der Waals surface area contributed by atoms with Crippen LogP contribution in [0.3, 0.4) is 0 Å². The van der Waals surface area contributed by atoms with E-state index in [1.165, 1.54) is 36.6 Å². The first-order valence-corrected chi connectivity index (χ1v) is 7.59. The molecule has 136 valence electrons. The van der Waals surface area contributed by atoms with Crippen LogP contribution in [0.15, 0.2) is 46.1 Å². The van der Waals surface area contributed by atoms with E-state index in [0.29, 0.717) is 0 Å². The van der Waals surface area contributed by atoms with Gasteiger partial charge in [-0.2, -0.15) is 5.10 Å². The molecule has 0 fully saturated rings. The number of nitrogens with zero attached hydrogens (tertiary/aromatic N) is 2. The molecule has 0 unspecified atom stereocenters. The number of hydrogen-bond acceptors (Lipinski definition) is 8. The fourth-order valence-electron chi connectivity index (χ4n) is 1.79. The predicted molar refractivity (Wildman–Crippen MR) is 91.7 cm³/mol. The fourth-order valence-corrected chi connectivity index (χ4v) is 1.96. The average molecular weight is 381 g/mol. The summed E-state index contributed by atoms with van der Waals surface area (Å²) in [5.41, 5.74) is 2.13. The minimum Gasteiger partial charge on any atom is -0.461 e. The van der Waals surface area contributed by atoms with E-state index in [4.69, 9.17) is 16.0 Å². The van der Waals surface area contributed by atoms with Crippen molar-refractivity contribution in [1.29, 1.82) is 0 Å². The van der Waals surface area contributed by atoms with Crippen molar-refractivity contribution < 1.29 is 23.7 Å². The average Bonchev–Trinajstić information content (AvgIpc) is 3.12. The number of nitrogens with one attached hydrogen (secondary N) is 2. The van der Waals surface area contributed by atoms with Crippen molar-refractivity contribution in [2.45, 2.75) is 6.92 Å². The van der Waals surface area contributed by atoms with Gasteiger partial charge in [-0.05, 0) is 31.2 Å². The van der Waals surface area contributed by atoms with Crippen molar-refractivity contribution in [3.05, 3.63) is 57.5 Å². The first kappa shape index (κ1) is 18.9. The number of carbonyl (C=O) groups is 2. The number of nitro groups is 1. The van der Waals surface area contributed by atoms with E-state index < -0.39 is 16.8 Å². The van der Waals surface area contributed by atoms with Gasteiger partial charge < -0.3 is 9.15 Å². The Bertz CT molecular complexity index is 850. The molecule has 10 nitrogen and oxygen atoms in total. The van der Waals surface area contributed by atoms with Gasteiger partial charge in [0, 0.05) is 11.1 Å². The second-order valence-electron chi connectivity index (χ2n) is 4.64. The monoisotopic (exact) mass is 380 g/mol. The lowest BCUT2D eigenvalue weighted by Gasteiger charge is -2.08. The van der Waals surface area contributed by atoms with Crippen LogP contribution >= 0.6 is 11.6 Å². The lowest BCUT2D eigenvalue weighted by Crippen LogP contribution is -2.38. The maximum Gasteiger partial charge on any atom is 0.397 e. The second kappa shape index (κ2) is 8.62. The molecule has 1 aromatic heterocycles. The number of anilines is 1. The van der Waals surface area contributed by atoms with E-state index in [2.05, 4.69) is 20.6 Å².